The molecule has 0 radical (unpaired) electrons. The smallest absolute Gasteiger partial charge is 0.267 e. The highest BCUT2D eigenvalue weighted by molar-refractivity contribution is 5.91. The molecule has 0 bridgehead atoms. The van der Waals surface area contributed by atoms with Crippen LogP contribution < -0.4 is 15.2 Å². The number of hydrogen-bond acceptors (Lipinski definition) is 4. The van der Waals surface area contributed by atoms with E-state index in [9.17, 15) is 4.79 Å². The van der Waals surface area contributed by atoms with Crippen LogP contribution in [0.25, 0.3) is 0 Å². The molecule has 1 saturated carbocycles. The fourth-order valence-electron chi connectivity index (χ4n) is 1.17. The molecule has 1 fully saturated rings. The second-order valence-electron chi connectivity index (χ2n) is 3.40. The second kappa shape index (κ2) is 3.76. The van der Waals surface area contributed by atoms with Crippen molar-refractivity contribution in [2.45, 2.75) is 18.9 Å². The number of carbonyl (C=O) groups is 1. The quantitative estimate of drug-likeness (QED) is 0.791. The van der Waals surface area contributed by atoms with Gasteiger partial charge >= 0.3 is 0 Å². The van der Waals surface area contributed by atoms with E-state index >= 15 is 0 Å². The Kier molecular flexibility index (Phi) is 2.45. The summed E-state index contributed by atoms with van der Waals surface area (Å²) >= 11 is 0. The van der Waals surface area contributed by atoms with Crippen LogP contribution in [-0.2, 0) is 0 Å². The summed E-state index contributed by atoms with van der Waals surface area (Å²) in [5.74, 6) is 0.474. The minimum absolute atomic E-state index is 0.176. The molecule has 1 aliphatic carbocycles. The van der Waals surface area contributed by atoms with Crippen LogP contribution in [-0.4, -0.2) is 24.1 Å². The molecule has 1 heterocycles. The number of rotatable bonds is 4. The molecule has 1 aromatic heterocycles. The van der Waals surface area contributed by atoms with Crippen molar-refractivity contribution < 1.29 is 14.3 Å². The van der Waals surface area contributed by atoms with Crippen LogP contribution in [0.2, 0.25) is 0 Å². The van der Waals surface area contributed by atoms with E-state index in [1.165, 1.54) is 19.4 Å². The predicted octanol–water partition coefficient (Wildman–Crippen LogP) is 0.730. The van der Waals surface area contributed by atoms with Gasteiger partial charge in [-0.2, -0.15) is 0 Å². The second-order valence-corrected chi connectivity index (χ2v) is 3.40. The molecule has 1 aromatic rings. The number of pyridine rings is 1. The first-order valence-electron chi connectivity index (χ1n) is 4.71. The third-order valence-corrected chi connectivity index (χ3v) is 2.12. The molecule has 2 N–H and O–H groups in total. The first-order valence-corrected chi connectivity index (χ1v) is 4.71. The van der Waals surface area contributed by atoms with Crippen LogP contribution in [0.3, 0.4) is 0 Å². The largest absolute Gasteiger partial charge is 0.493 e. The van der Waals surface area contributed by atoms with Crippen molar-refractivity contribution in [1.82, 2.24) is 4.98 Å². The Morgan fingerprint density at radius 1 is 1.53 bits per heavy atom. The maximum absolute atomic E-state index is 10.9. The van der Waals surface area contributed by atoms with Crippen LogP contribution in [0.15, 0.2) is 12.3 Å². The Labute approximate surface area is 87.2 Å². The van der Waals surface area contributed by atoms with Gasteiger partial charge in [-0.1, -0.05) is 0 Å². The van der Waals surface area contributed by atoms with Gasteiger partial charge < -0.3 is 15.2 Å². The van der Waals surface area contributed by atoms with E-state index in [2.05, 4.69) is 4.98 Å². The number of ether oxygens (including phenoxy) is 2. The molecule has 0 spiro atoms. The Balaban J connectivity index is 2.25. The van der Waals surface area contributed by atoms with Crippen LogP contribution in [0.1, 0.15) is 23.3 Å². The van der Waals surface area contributed by atoms with Crippen LogP contribution in [0, 0.1) is 0 Å². The average Bonchev–Trinajstić information content (AvgIpc) is 3.02. The van der Waals surface area contributed by atoms with Crippen molar-refractivity contribution >= 4 is 5.91 Å². The van der Waals surface area contributed by atoms with E-state index in [1.54, 1.807) is 0 Å². The molecular weight excluding hydrogens is 196 g/mol. The van der Waals surface area contributed by atoms with Gasteiger partial charge in [-0.3, -0.25) is 4.79 Å². The summed E-state index contributed by atoms with van der Waals surface area (Å²) in [7, 11) is 1.51. The molecule has 80 valence electrons. The molecule has 5 nitrogen and oxygen atoms in total. The number of carbonyl (C=O) groups excluding carboxylic acids is 1. The lowest BCUT2D eigenvalue weighted by molar-refractivity contribution is 0.0995. The minimum Gasteiger partial charge on any atom is -0.493 e. The molecule has 1 amide bonds. The molecule has 0 saturated heterocycles. The zero-order chi connectivity index (χ0) is 10.8. The maximum atomic E-state index is 10.9. The first-order chi connectivity index (χ1) is 7.20. The van der Waals surface area contributed by atoms with E-state index < -0.39 is 5.91 Å². The minimum atomic E-state index is -0.578. The van der Waals surface area contributed by atoms with Gasteiger partial charge in [0.15, 0.2) is 11.5 Å². The summed E-state index contributed by atoms with van der Waals surface area (Å²) in [5.41, 5.74) is 5.28. The third-order valence-electron chi connectivity index (χ3n) is 2.12. The molecule has 0 aromatic carbocycles. The number of nitrogens with two attached hydrogens (primary N) is 1. The number of nitrogens with zero attached hydrogens (tertiary/aromatic N) is 1. The van der Waals surface area contributed by atoms with Gasteiger partial charge in [0.25, 0.3) is 5.91 Å². The summed E-state index contributed by atoms with van der Waals surface area (Å²) in [6.07, 6.45) is 3.85. The highest BCUT2D eigenvalue weighted by Gasteiger charge is 2.25. The van der Waals surface area contributed by atoms with E-state index in [0.717, 1.165) is 12.8 Å². The van der Waals surface area contributed by atoms with E-state index in [1.807, 2.05) is 0 Å². The van der Waals surface area contributed by atoms with Gasteiger partial charge in [-0.05, 0) is 12.8 Å². The zero-order valence-corrected chi connectivity index (χ0v) is 8.40. The molecular formula is C10H12N2O3. The molecule has 0 aliphatic heterocycles. The highest BCUT2D eigenvalue weighted by atomic mass is 16.5. The van der Waals surface area contributed by atoms with Crippen molar-refractivity contribution in [3.8, 4) is 11.5 Å². The summed E-state index contributed by atoms with van der Waals surface area (Å²) in [6, 6.07) is 1.49. The first kappa shape index (κ1) is 9.76. The normalized spacial score (nSPS) is 14.7. The fourth-order valence-corrected chi connectivity index (χ4v) is 1.17. The Hall–Kier alpha value is -1.78. The monoisotopic (exact) mass is 208 g/mol. The Morgan fingerprint density at radius 3 is 2.80 bits per heavy atom. The number of primary amides is 1. The van der Waals surface area contributed by atoms with Crippen LogP contribution in [0.4, 0.5) is 0 Å². The van der Waals surface area contributed by atoms with Gasteiger partial charge in [0.05, 0.1) is 19.4 Å². The third kappa shape index (κ3) is 2.18. The number of hydrogen-bond donors (Lipinski definition) is 1. The SMILES string of the molecule is COc1cc(C(N)=O)ncc1OC1CC1. The van der Waals surface area contributed by atoms with Crippen molar-refractivity contribution in [3.05, 3.63) is 18.0 Å². The summed E-state index contributed by atoms with van der Waals surface area (Å²) in [6.45, 7) is 0. The molecule has 0 atom stereocenters. The summed E-state index contributed by atoms with van der Waals surface area (Å²) in [4.78, 5) is 14.8. The number of methoxy groups -OCH3 is 1. The van der Waals surface area contributed by atoms with Gasteiger partial charge in [-0.25, -0.2) is 4.98 Å². The summed E-state index contributed by atoms with van der Waals surface area (Å²) < 4.78 is 10.6. The molecule has 0 unspecified atom stereocenters. The Bertz CT molecular complexity index is 388. The van der Waals surface area contributed by atoms with Gasteiger partial charge in [0, 0.05) is 6.07 Å². The van der Waals surface area contributed by atoms with Gasteiger partial charge in [-0.15, -0.1) is 0 Å². The fraction of sp³-hybridized carbons (Fsp3) is 0.400. The maximum Gasteiger partial charge on any atom is 0.267 e. The van der Waals surface area contributed by atoms with Crippen molar-refractivity contribution in [2.75, 3.05) is 7.11 Å². The summed E-state index contributed by atoms with van der Waals surface area (Å²) in [5, 5.41) is 0. The number of aromatic nitrogens is 1. The molecule has 15 heavy (non-hydrogen) atoms. The number of amides is 1. The van der Waals surface area contributed by atoms with Crippen molar-refractivity contribution in [3.63, 3.8) is 0 Å². The highest BCUT2D eigenvalue weighted by Crippen LogP contribution is 2.33. The Morgan fingerprint density at radius 2 is 2.27 bits per heavy atom. The van der Waals surface area contributed by atoms with E-state index in [0.29, 0.717) is 11.5 Å². The topological polar surface area (TPSA) is 74.4 Å². The lowest BCUT2D eigenvalue weighted by Crippen LogP contribution is -2.13. The average molecular weight is 208 g/mol. The molecule has 2 rings (SSSR count). The van der Waals surface area contributed by atoms with Gasteiger partial charge in [0.1, 0.15) is 5.69 Å². The van der Waals surface area contributed by atoms with Crippen LogP contribution >= 0.6 is 0 Å². The van der Waals surface area contributed by atoms with Crippen LogP contribution in [0.5, 0.6) is 11.5 Å². The van der Waals surface area contributed by atoms with Crippen molar-refractivity contribution in [2.24, 2.45) is 5.73 Å². The van der Waals surface area contributed by atoms with E-state index in [4.69, 9.17) is 15.2 Å². The zero-order valence-electron chi connectivity index (χ0n) is 8.40. The van der Waals surface area contributed by atoms with Gasteiger partial charge in [0.2, 0.25) is 0 Å². The molecule has 5 heteroatoms. The van der Waals surface area contributed by atoms with E-state index in [-0.39, 0.29) is 11.8 Å². The molecule has 1 aliphatic rings. The standard InChI is InChI=1S/C10H12N2O3/c1-14-8-4-7(10(11)13)12-5-9(8)15-6-2-3-6/h4-6H,2-3H2,1H3,(H2,11,13). The predicted molar refractivity (Wildman–Crippen MR) is 53.0 cm³/mol. The van der Waals surface area contributed by atoms with Crippen molar-refractivity contribution in [1.29, 1.82) is 0 Å². The lowest BCUT2D eigenvalue weighted by atomic mass is 10.3. The lowest BCUT2D eigenvalue weighted by Gasteiger charge is -2.09.